The van der Waals surface area contributed by atoms with Crippen LogP contribution in [0.2, 0.25) is 5.02 Å². The van der Waals surface area contributed by atoms with E-state index in [2.05, 4.69) is 39.4 Å². The van der Waals surface area contributed by atoms with Gasteiger partial charge in [0, 0.05) is 19.2 Å². The molecule has 1 unspecified atom stereocenters. The molecule has 0 aliphatic carbocycles. The van der Waals surface area contributed by atoms with Gasteiger partial charge in [0.1, 0.15) is 16.5 Å². The van der Waals surface area contributed by atoms with Crippen LogP contribution >= 0.6 is 29.6 Å². The first kappa shape index (κ1) is 26.2. The van der Waals surface area contributed by atoms with Crippen LogP contribution < -0.4 is 19.3 Å². The highest BCUT2D eigenvalue weighted by Gasteiger charge is 2.18. The lowest BCUT2D eigenvalue weighted by molar-refractivity contribution is 0.312. The number of fused-ring (bicyclic) bond motifs is 1. The number of phenols is 1. The van der Waals surface area contributed by atoms with Crippen molar-refractivity contribution >= 4 is 41.3 Å². The fourth-order valence-corrected chi connectivity index (χ4v) is 4.22. The minimum atomic E-state index is -0.727. The number of phenolic OH excluding ortho intramolecular Hbond substituents is 1. The summed E-state index contributed by atoms with van der Waals surface area (Å²) < 4.78 is 17.4. The number of nitrogens with zero attached hydrogens (tertiary/aromatic N) is 3. The number of likely N-dealkylation sites (N-methyl/N-ethyl adjacent to an activating group) is 1. The highest BCUT2D eigenvalue weighted by Crippen LogP contribution is 2.42. The number of benzene rings is 2. The van der Waals surface area contributed by atoms with Crippen LogP contribution in [0.4, 0.5) is 11.6 Å². The lowest BCUT2D eigenvalue weighted by atomic mass is 9.99. The molecule has 11 heteroatoms. The molecule has 0 bridgehead atoms. The number of aromatic nitrogens is 2. The fraction of sp³-hybridized carbons (Fsp3) is 0.304. The quantitative estimate of drug-likeness (QED) is 0.395. The van der Waals surface area contributed by atoms with Gasteiger partial charge < -0.3 is 29.3 Å². The molecule has 2 heterocycles. The van der Waals surface area contributed by atoms with Gasteiger partial charge in [-0.05, 0) is 62.2 Å². The molecule has 1 aliphatic heterocycles. The average molecular weight is 523 g/mol. The van der Waals surface area contributed by atoms with Crippen LogP contribution in [0.15, 0.2) is 36.5 Å². The van der Waals surface area contributed by atoms with Gasteiger partial charge in [0.2, 0.25) is 11.8 Å². The Morgan fingerprint density at radius 2 is 1.91 bits per heavy atom. The van der Waals surface area contributed by atoms with Crippen molar-refractivity contribution in [3.8, 4) is 28.9 Å². The van der Waals surface area contributed by atoms with Gasteiger partial charge in [0.25, 0.3) is 0 Å². The van der Waals surface area contributed by atoms with Crippen LogP contribution in [0.25, 0.3) is 0 Å². The third-order valence-electron chi connectivity index (χ3n) is 5.10. The van der Waals surface area contributed by atoms with Gasteiger partial charge in [-0.25, -0.2) is 4.98 Å². The summed E-state index contributed by atoms with van der Waals surface area (Å²) in [5.74, 6) is 2.08. The first-order valence-corrected chi connectivity index (χ1v) is 12.9. The maximum absolute atomic E-state index is 9.82. The zero-order chi connectivity index (χ0) is 23.5. The Hall–Kier alpha value is -2.37. The highest BCUT2D eigenvalue weighted by molar-refractivity contribution is 7.51. The van der Waals surface area contributed by atoms with E-state index in [9.17, 15) is 5.11 Å². The summed E-state index contributed by atoms with van der Waals surface area (Å²) >= 11 is 6.31. The predicted molar refractivity (Wildman–Crippen MR) is 142 cm³/mol. The van der Waals surface area contributed by atoms with E-state index in [1.165, 1.54) is 29.5 Å². The smallest absolute Gasteiger partial charge is 0.243 e. The van der Waals surface area contributed by atoms with Crippen molar-refractivity contribution in [1.82, 2.24) is 14.9 Å². The van der Waals surface area contributed by atoms with Gasteiger partial charge in [0.15, 0.2) is 11.5 Å². The topological polar surface area (TPSA) is 89.0 Å². The summed E-state index contributed by atoms with van der Waals surface area (Å²) in [6.07, 6.45) is 2.45. The number of nitrogens with one attached hydrogen (secondary N) is 1. The lowest BCUT2D eigenvalue weighted by Crippen LogP contribution is -2.26. The molecule has 4 rings (SSSR count). The Balaban J connectivity index is 0.00000324. The molecule has 1 atom stereocenters. The van der Waals surface area contributed by atoms with Crippen molar-refractivity contribution in [2.75, 3.05) is 39.3 Å². The van der Waals surface area contributed by atoms with Crippen LogP contribution in [0.3, 0.4) is 0 Å². The maximum Gasteiger partial charge on any atom is 0.243 e. The Kier molecular flexibility index (Phi) is 8.78. The van der Waals surface area contributed by atoms with E-state index < -0.39 is 8.15 Å². The van der Waals surface area contributed by atoms with E-state index in [4.69, 9.17) is 25.6 Å². The molecule has 2 aromatic carbocycles. The monoisotopic (exact) mass is 522 g/mol. The molecule has 3 aromatic rings. The van der Waals surface area contributed by atoms with Crippen molar-refractivity contribution in [3.63, 3.8) is 0 Å². The van der Waals surface area contributed by atoms with E-state index in [1.807, 2.05) is 13.3 Å². The van der Waals surface area contributed by atoms with Gasteiger partial charge in [-0.2, -0.15) is 14.9 Å². The number of hydrogen-bond acceptors (Lipinski definition) is 8. The minimum Gasteiger partial charge on any atom is -0.508 e. The first-order chi connectivity index (χ1) is 15.8. The van der Waals surface area contributed by atoms with Crippen molar-refractivity contribution in [1.29, 1.82) is 0 Å². The molecule has 0 amide bonds. The van der Waals surface area contributed by atoms with E-state index in [0.717, 1.165) is 25.2 Å². The summed E-state index contributed by atoms with van der Waals surface area (Å²) in [5, 5.41) is 13.3. The summed E-state index contributed by atoms with van der Waals surface area (Å²) in [4.78, 5) is 11.0. The van der Waals surface area contributed by atoms with Gasteiger partial charge in [-0.1, -0.05) is 11.6 Å². The van der Waals surface area contributed by atoms with Crippen LogP contribution in [0.1, 0.15) is 11.1 Å². The molecule has 0 spiro atoms. The Labute approximate surface area is 209 Å². The Morgan fingerprint density at radius 1 is 1.12 bits per heavy atom. The number of methoxy groups -OCH3 is 1. The minimum absolute atomic E-state index is 0. The maximum atomic E-state index is 9.82. The van der Waals surface area contributed by atoms with E-state index in [1.54, 1.807) is 13.2 Å². The van der Waals surface area contributed by atoms with E-state index in [-0.39, 0.29) is 26.6 Å². The highest BCUT2D eigenvalue weighted by atomic mass is 35.5. The number of hydrogen-bond donors (Lipinski definition) is 2. The molecular formula is C23H29ClN4O4P2. The number of aromatic hydroxyl groups is 1. The van der Waals surface area contributed by atoms with Crippen molar-refractivity contribution < 1.29 is 19.1 Å². The van der Waals surface area contributed by atoms with E-state index in [0.29, 0.717) is 23.2 Å². The molecule has 2 N–H and O–H groups in total. The molecule has 182 valence electrons. The Bertz CT molecular complexity index is 1170. The zero-order valence-corrected chi connectivity index (χ0v) is 22.7. The normalized spacial score (nSPS) is 13.1. The fourth-order valence-electron chi connectivity index (χ4n) is 3.55. The molecule has 1 aliphatic rings. The summed E-state index contributed by atoms with van der Waals surface area (Å²) in [6, 6.07) is 8.75. The van der Waals surface area contributed by atoms with E-state index >= 15 is 0 Å². The SMILES string of the molecule is COc1cc2c(cc1Nc1ncc(Cl)c(Oc3ccc(O)cc3OP(C)C)n1)CN(C)CC2.P. The second-order valence-electron chi connectivity index (χ2n) is 7.92. The standard InChI is InChI=1S/C23H26ClN4O4P.H3P/c1-28-8-7-14-10-20(30-2)18(9-15(14)13-28)26-23-25-12-17(24)22(27-23)31-19-6-5-16(29)11-21(19)32-33(3)4;/h5-6,9-12,29H,7-8,13H2,1-4H3,(H,25,26,27);1H3. The zero-order valence-electron chi connectivity index (χ0n) is 19.6. The van der Waals surface area contributed by atoms with Crippen molar-refractivity contribution in [2.24, 2.45) is 0 Å². The number of rotatable bonds is 7. The van der Waals surface area contributed by atoms with Gasteiger partial charge in [-0.3, -0.25) is 0 Å². The lowest BCUT2D eigenvalue weighted by Gasteiger charge is -2.26. The average Bonchev–Trinajstić information content (AvgIpc) is 2.77. The number of anilines is 2. The van der Waals surface area contributed by atoms with Crippen LogP contribution in [-0.2, 0) is 13.0 Å². The van der Waals surface area contributed by atoms with Gasteiger partial charge in [-0.15, -0.1) is 0 Å². The van der Waals surface area contributed by atoms with Crippen LogP contribution in [-0.4, -0.2) is 54.0 Å². The number of ether oxygens (including phenoxy) is 2. The third kappa shape index (κ3) is 6.19. The van der Waals surface area contributed by atoms with Crippen molar-refractivity contribution in [2.45, 2.75) is 13.0 Å². The summed E-state index contributed by atoms with van der Waals surface area (Å²) in [6.45, 7) is 5.79. The summed E-state index contributed by atoms with van der Waals surface area (Å²) in [5.41, 5.74) is 3.28. The predicted octanol–water partition coefficient (Wildman–Crippen LogP) is 5.46. The molecule has 34 heavy (non-hydrogen) atoms. The molecule has 0 radical (unpaired) electrons. The first-order valence-electron chi connectivity index (χ1n) is 10.4. The molecule has 0 saturated carbocycles. The van der Waals surface area contributed by atoms with Gasteiger partial charge in [0.05, 0.1) is 27.1 Å². The molecule has 0 fully saturated rings. The van der Waals surface area contributed by atoms with Crippen LogP contribution in [0.5, 0.6) is 28.9 Å². The molecule has 0 saturated heterocycles. The number of halogens is 1. The third-order valence-corrected chi connectivity index (χ3v) is 5.92. The second kappa shape index (κ2) is 11.4. The molecule has 8 nitrogen and oxygen atoms in total. The van der Waals surface area contributed by atoms with Crippen molar-refractivity contribution in [3.05, 3.63) is 52.7 Å². The van der Waals surface area contributed by atoms with Crippen LogP contribution in [0, 0.1) is 0 Å². The summed E-state index contributed by atoms with van der Waals surface area (Å²) in [7, 11) is 3.02. The Morgan fingerprint density at radius 3 is 2.65 bits per heavy atom. The molecular weight excluding hydrogens is 494 g/mol. The van der Waals surface area contributed by atoms with Gasteiger partial charge >= 0.3 is 0 Å². The molecule has 1 aromatic heterocycles. The largest absolute Gasteiger partial charge is 0.508 e. The second-order valence-corrected chi connectivity index (χ2v) is 10.1.